The van der Waals surface area contributed by atoms with Crippen molar-refractivity contribution in [3.05, 3.63) is 29.8 Å². The molecule has 1 saturated heterocycles. The average Bonchev–Trinajstić information content (AvgIpc) is 2.65. The van der Waals surface area contributed by atoms with Crippen LogP contribution < -0.4 is 4.74 Å². The lowest BCUT2D eigenvalue weighted by Gasteiger charge is -2.35. The Bertz CT molecular complexity index is 624. The Morgan fingerprint density at radius 3 is 2.28 bits per heavy atom. The van der Waals surface area contributed by atoms with Gasteiger partial charge in [0.05, 0.1) is 25.7 Å². The molecule has 7 nitrogen and oxygen atoms in total. The second kappa shape index (κ2) is 9.05. The number of carbonyl (C=O) groups is 3. The second-order valence-corrected chi connectivity index (χ2v) is 5.68. The summed E-state index contributed by atoms with van der Waals surface area (Å²) in [6.07, 6.45) is 0.228. The third-order valence-corrected chi connectivity index (χ3v) is 4.11. The summed E-state index contributed by atoms with van der Waals surface area (Å²) in [5, 5.41) is 0. The Hall–Kier alpha value is -2.57. The van der Waals surface area contributed by atoms with Crippen LogP contribution in [0.3, 0.4) is 0 Å². The summed E-state index contributed by atoms with van der Waals surface area (Å²) in [7, 11) is 1.53. The third kappa shape index (κ3) is 4.95. The maximum atomic E-state index is 12.6. The number of piperazine rings is 1. The number of carbonyl (C=O) groups excluding carboxylic acids is 3. The van der Waals surface area contributed by atoms with Gasteiger partial charge in [-0.15, -0.1) is 0 Å². The van der Waals surface area contributed by atoms with E-state index in [2.05, 4.69) is 0 Å². The van der Waals surface area contributed by atoms with Crippen molar-refractivity contribution in [1.82, 2.24) is 9.80 Å². The number of esters is 1. The lowest BCUT2D eigenvalue weighted by molar-refractivity contribution is -0.146. The van der Waals surface area contributed by atoms with E-state index in [9.17, 15) is 14.4 Å². The van der Waals surface area contributed by atoms with Crippen LogP contribution >= 0.6 is 0 Å². The van der Waals surface area contributed by atoms with Gasteiger partial charge in [-0.2, -0.15) is 0 Å². The van der Waals surface area contributed by atoms with Gasteiger partial charge in [0.15, 0.2) is 0 Å². The summed E-state index contributed by atoms with van der Waals surface area (Å²) in [4.78, 5) is 39.5. The van der Waals surface area contributed by atoms with Crippen LogP contribution in [0.4, 0.5) is 0 Å². The Balaban J connectivity index is 1.85. The van der Waals surface area contributed by atoms with Crippen LogP contribution in [0.15, 0.2) is 24.3 Å². The fraction of sp³-hybridized carbons (Fsp3) is 0.500. The molecule has 136 valence electrons. The first-order valence-corrected chi connectivity index (χ1v) is 8.42. The summed E-state index contributed by atoms with van der Waals surface area (Å²) in [5.74, 6) is -0.00482. The predicted octanol–water partition coefficient (Wildman–Crippen LogP) is 1.32. The number of hydrogen-bond donors (Lipinski definition) is 0. The number of amides is 2. The zero-order valence-electron chi connectivity index (χ0n) is 14.7. The molecule has 1 fully saturated rings. The Kier molecular flexibility index (Phi) is 6.80. The summed E-state index contributed by atoms with van der Waals surface area (Å²) in [5.41, 5.74) is 0.520. The van der Waals surface area contributed by atoms with Crippen LogP contribution in [0.5, 0.6) is 5.75 Å². The first-order chi connectivity index (χ1) is 12.1. The molecule has 1 aromatic carbocycles. The highest BCUT2D eigenvalue weighted by molar-refractivity contribution is 5.97. The van der Waals surface area contributed by atoms with E-state index in [1.165, 1.54) is 7.11 Å². The first kappa shape index (κ1) is 18.8. The van der Waals surface area contributed by atoms with Crippen molar-refractivity contribution < 1.29 is 23.9 Å². The van der Waals surface area contributed by atoms with Gasteiger partial charge in [-0.1, -0.05) is 12.1 Å². The molecule has 0 aromatic heterocycles. The van der Waals surface area contributed by atoms with E-state index >= 15 is 0 Å². The number of rotatable bonds is 6. The van der Waals surface area contributed by atoms with Crippen LogP contribution in [0.1, 0.15) is 30.1 Å². The zero-order chi connectivity index (χ0) is 18.2. The standard InChI is InChI=1S/C18H24N2O5/c1-3-25-17(22)9-8-16(21)19-10-12-20(13-11-19)18(23)14-6-4-5-7-15(14)24-2/h4-7H,3,8-13H2,1-2H3. The van der Waals surface area contributed by atoms with Gasteiger partial charge in [0, 0.05) is 32.6 Å². The fourth-order valence-electron chi connectivity index (χ4n) is 2.75. The molecule has 0 radical (unpaired) electrons. The highest BCUT2D eigenvalue weighted by Gasteiger charge is 2.26. The van der Waals surface area contributed by atoms with E-state index in [1.807, 2.05) is 6.07 Å². The maximum absolute atomic E-state index is 12.6. The lowest BCUT2D eigenvalue weighted by Crippen LogP contribution is -2.50. The van der Waals surface area contributed by atoms with Crippen LogP contribution in [0.2, 0.25) is 0 Å². The van der Waals surface area contributed by atoms with Gasteiger partial charge in [-0.25, -0.2) is 0 Å². The third-order valence-electron chi connectivity index (χ3n) is 4.11. The number of ether oxygens (including phenoxy) is 2. The molecule has 0 N–H and O–H groups in total. The molecule has 0 unspecified atom stereocenters. The summed E-state index contributed by atoms with van der Waals surface area (Å²) in [6.45, 7) is 3.89. The van der Waals surface area contributed by atoms with E-state index < -0.39 is 0 Å². The molecule has 0 bridgehead atoms. The number of benzene rings is 1. The highest BCUT2D eigenvalue weighted by atomic mass is 16.5. The second-order valence-electron chi connectivity index (χ2n) is 5.68. The van der Waals surface area contributed by atoms with Crippen molar-refractivity contribution in [3.8, 4) is 5.75 Å². The van der Waals surface area contributed by atoms with E-state index in [1.54, 1.807) is 34.9 Å². The van der Waals surface area contributed by atoms with Crippen molar-refractivity contribution >= 4 is 17.8 Å². The number of para-hydroxylation sites is 1. The molecular weight excluding hydrogens is 324 g/mol. The molecule has 2 rings (SSSR count). The largest absolute Gasteiger partial charge is 0.496 e. The number of hydrogen-bond acceptors (Lipinski definition) is 5. The lowest BCUT2D eigenvalue weighted by atomic mass is 10.1. The fourth-order valence-corrected chi connectivity index (χ4v) is 2.75. The van der Waals surface area contributed by atoms with Gasteiger partial charge in [0.2, 0.25) is 5.91 Å². The van der Waals surface area contributed by atoms with E-state index in [0.717, 1.165) is 0 Å². The molecule has 1 aromatic rings. The van der Waals surface area contributed by atoms with Crippen molar-refractivity contribution in [1.29, 1.82) is 0 Å². The topological polar surface area (TPSA) is 76.2 Å². The molecule has 0 spiro atoms. The van der Waals surface area contributed by atoms with E-state index in [0.29, 0.717) is 44.1 Å². The zero-order valence-corrected chi connectivity index (χ0v) is 14.7. The van der Waals surface area contributed by atoms with Gasteiger partial charge in [0.25, 0.3) is 5.91 Å². The molecule has 7 heteroatoms. The molecule has 0 saturated carbocycles. The Labute approximate surface area is 147 Å². The number of nitrogens with zero attached hydrogens (tertiary/aromatic N) is 2. The predicted molar refractivity (Wildman–Crippen MR) is 91.3 cm³/mol. The smallest absolute Gasteiger partial charge is 0.306 e. The van der Waals surface area contributed by atoms with Crippen LogP contribution in [-0.4, -0.2) is 67.5 Å². The van der Waals surface area contributed by atoms with Gasteiger partial charge in [0.1, 0.15) is 5.75 Å². The molecule has 1 aliphatic heterocycles. The first-order valence-electron chi connectivity index (χ1n) is 8.42. The van der Waals surface area contributed by atoms with Crippen LogP contribution in [0, 0.1) is 0 Å². The molecule has 0 atom stereocenters. The van der Waals surface area contributed by atoms with Crippen LogP contribution in [0.25, 0.3) is 0 Å². The van der Waals surface area contributed by atoms with Crippen LogP contribution in [-0.2, 0) is 14.3 Å². The SMILES string of the molecule is CCOC(=O)CCC(=O)N1CCN(C(=O)c2ccccc2OC)CC1. The minimum absolute atomic E-state index is 0.0857. The Morgan fingerprint density at radius 1 is 1.00 bits per heavy atom. The molecule has 1 aliphatic rings. The van der Waals surface area contributed by atoms with Crippen molar-refractivity contribution in [2.75, 3.05) is 39.9 Å². The summed E-state index contributed by atoms with van der Waals surface area (Å²) < 4.78 is 10.1. The molecule has 25 heavy (non-hydrogen) atoms. The van der Waals surface area contributed by atoms with Gasteiger partial charge < -0.3 is 19.3 Å². The van der Waals surface area contributed by atoms with Crippen molar-refractivity contribution in [3.63, 3.8) is 0 Å². The maximum Gasteiger partial charge on any atom is 0.306 e. The summed E-state index contributed by atoms with van der Waals surface area (Å²) in [6, 6.07) is 7.10. The van der Waals surface area contributed by atoms with E-state index in [4.69, 9.17) is 9.47 Å². The van der Waals surface area contributed by atoms with Gasteiger partial charge in [-0.05, 0) is 19.1 Å². The minimum atomic E-state index is -0.360. The van der Waals surface area contributed by atoms with E-state index in [-0.39, 0.29) is 30.6 Å². The van der Waals surface area contributed by atoms with Crippen molar-refractivity contribution in [2.24, 2.45) is 0 Å². The molecule has 0 aliphatic carbocycles. The minimum Gasteiger partial charge on any atom is -0.496 e. The van der Waals surface area contributed by atoms with Gasteiger partial charge in [-0.3, -0.25) is 14.4 Å². The Morgan fingerprint density at radius 2 is 1.64 bits per heavy atom. The summed E-state index contributed by atoms with van der Waals surface area (Å²) >= 11 is 0. The number of methoxy groups -OCH3 is 1. The molecular formula is C18H24N2O5. The average molecular weight is 348 g/mol. The van der Waals surface area contributed by atoms with Crippen molar-refractivity contribution in [2.45, 2.75) is 19.8 Å². The van der Waals surface area contributed by atoms with Gasteiger partial charge >= 0.3 is 5.97 Å². The quantitative estimate of drug-likeness (QED) is 0.725. The molecule has 2 amide bonds. The normalized spacial score (nSPS) is 14.2. The highest BCUT2D eigenvalue weighted by Crippen LogP contribution is 2.20. The monoisotopic (exact) mass is 348 g/mol. The molecule has 1 heterocycles.